The van der Waals surface area contributed by atoms with E-state index in [0.717, 1.165) is 22.0 Å². The molecule has 0 spiro atoms. The topological polar surface area (TPSA) is 88.4 Å². The second-order valence-corrected chi connectivity index (χ2v) is 11.9. The first-order valence-electron chi connectivity index (χ1n) is 14.3. The van der Waals surface area contributed by atoms with Crippen molar-refractivity contribution in [1.82, 2.24) is 4.57 Å². The monoisotopic (exact) mass is 676 g/mol. The van der Waals surface area contributed by atoms with Crippen molar-refractivity contribution >= 4 is 39.3 Å². The molecule has 10 heteroatoms. The minimum Gasteiger partial charge on any atom is -0.496 e. The third kappa shape index (κ3) is 6.51. The second-order valence-electron chi connectivity index (χ2n) is 9.98. The third-order valence-electron chi connectivity index (χ3n) is 7.10. The number of benzene rings is 3. The van der Waals surface area contributed by atoms with Crippen LogP contribution in [-0.4, -0.2) is 31.4 Å². The number of hydrogen-bond acceptors (Lipinski definition) is 8. The highest BCUT2D eigenvalue weighted by Crippen LogP contribution is 2.38. The van der Waals surface area contributed by atoms with Crippen LogP contribution in [0.5, 0.6) is 17.2 Å². The summed E-state index contributed by atoms with van der Waals surface area (Å²) < 4.78 is 25.7. The molecule has 0 amide bonds. The fourth-order valence-corrected chi connectivity index (χ4v) is 6.51. The number of ether oxygens (including phenoxy) is 4. The minimum absolute atomic E-state index is 0.196. The first-order valence-corrected chi connectivity index (χ1v) is 15.9. The molecule has 3 aromatic carbocycles. The lowest BCUT2D eigenvalue weighted by molar-refractivity contribution is -0.139. The largest absolute Gasteiger partial charge is 0.496 e. The lowest BCUT2D eigenvalue weighted by Crippen LogP contribution is -2.40. The van der Waals surface area contributed by atoms with Gasteiger partial charge in [0.15, 0.2) is 16.3 Å². The number of carbonyl (C=O) groups is 1. The van der Waals surface area contributed by atoms with Crippen molar-refractivity contribution in [3.8, 4) is 17.2 Å². The molecule has 4 aromatic rings. The Morgan fingerprint density at radius 1 is 1.00 bits per heavy atom. The fourth-order valence-electron chi connectivity index (χ4n) is 5.11. The zero-order valence-corrected chi connectivity index (χ0v) is 27.4. The van der Waals surface area contributed by atoms with E-state index < -0.39 is 12.0 Å². The van der Waals surface area contributed by atoms with Crippen molar-refractivity contribution in [3.05, 3.63) is 119 Å². The van der Waals surface area contributed by atoms with E-state index in [-0.39, 0.29) is 12.2 Å². The van der Waals surface area contributed by atoms with Gasteiger partial charge in [-0.3, -0.25) is 9.36 Å². The van der Waals surface area contributed by atoms with Crippen LogP contribution in [0.4, 0.5) is 0 Å². The molecule has 0 bridgehead atoms. The molecule has 1 aliphatic rings. The number of allylic oxidation sites excluding steroid dienone is 1. The maximum Gasteiger partial charge on any atom is 0.338 e. The molecule has 0 fully saturated rings. The van der Waals surface area contributed by atoms with Gasteiger partial charge >= 0.3 is 5.97 Å². The fraction of sp³-hybridized carbons (Fsp3) is 0.265. The van der Waals surface area contributed by atoms with Gasteiger partial charge in [0.1, 0.15) is 18.4 Å². The Morgan fingerprint density at radius 2 is 1.75 bits per heavy atom. The molecule has 8 nitrogen and oxygen atoms in total. The van der Waals surface area contributed by atoms with Crippen LogP contribution in [0.3, 0.4) is 0 Å². The standard InChI is InChI=1S/C34H33BrN2O6S/c1-5-10-25-30(33(39)42-6-2)31(24-19-23(35)14-16-26(24)40-3)37-32(38)29(44-34(37)36-25)18-22-13-15-27(28(17-22)41-4)43-20-21-11-8-7-9-12-21/h7-9,11-19,31H,5-6,10,20H2,1-4H3/b29-18+/t31-/m1/s1. The van der Waals surface area contributed by atoms with E-state index in [1.165, 1.54) is 11.3 Å². The van der Waals surface area contributed by atoms with Gasteiger partial charge in [-0.2, -0.15) is 0 Å². The molecule has 0 N–H and O–H groups in total. The molecule has 1 atom stereocenters. The summed E-state index contributed by atoms with van der Waals surface area (Å²) >= 11 is 4.83. The number of rotatable bonds is 11. The molecular weight excluding hydrogens is 644 g/mol. The predicted molar refractivity (Wildman–Crippen MR) is 174 cm³/mol. The third-order valence-corrected chi connectivity index (χ3v) is 8.58. The molecule has 228 valence electrons. The normalized spacial score (nSPS) is 14.6. The summed E-state index contributed by atoms with van der Waals surface area (Å²) in [5.74, 6) is 1.19. The summed E-state index contributed by atoms with van der Waals surface area (Å²) in [5, 5.41) is 0. The summed E-state index contributed by atoms with van der Waals surface area (Å²) in [5.41, 5.74) is 3.12. The molecule has 0 aliphatic carbocycles. The van der Waals surface area contributed by atoms with E-state index in [2.05, 4.69) is 15.9 Å². The molecule has 5 rings (SSSR count). The molecule has 1 aromatic heterocycles. The Bertz CT molecular complexity index is 1880. The summed E-state index contributed by atoms with van der Waals surface area (Å²) in [4.78, 5) is 33.0. The maximum absolute atomic E-state index is 14.2. The first-order chi connectivity index (χ1) is 21.4. The summed E-state index contributed by atoms with van der Waals surface area (Å²) in [6, 6.07) is 20.2. The van der Waals surface area contributed by atoms with Gasteiger partial charge in [-0.1, -0.05) is 77.0 Å². The average molecular weight is 678 g/mol. The highest BCUT2D eigenvalue weighted by atomic mass is 79.9. The maximum atomic E-state index is 14.2. The number of fused-ring (bicyclic) bond motifs is 1. The Morgan fingerprint density at radius 3 is 2.45 bits per heavy atom. The minimum atomic E-state index is -0.787. The Kier molecular flexibility index (Phi) is 10.0. The van der Waals surface area contributed by atoms with Gasteiger partial charge in [0, 0.05) is 10.0 Å². The molecule has 0 saturated heterocycles. The number of methoxy groups -OCH3 is 2. The van der Waals surface area contributed by atoms with Gasteiger partial charge in [-0.05, 0) is 60.9 Å². The molecule has 2 heterocycles. The molecular formula is C34H33BrN2O6S. The van der Waals surface area contributed by atoms with E-state index >= 15 is 0 Å². The summed E-state index contributed by atoms with van der Waals surface area (Å²) in [6.45, 7) is 4.38. The van der Waals surface area contributed by atoms with Crippen LogP contribution < -0.4 is 29.1 Å². The van der Waals surface area contributed by atoms with Crippen LogP contribution in [0.2, 0.25) is 0 Å². The van der Waals surface area contributed by atoms with E-state index in [9.17, 15) is 9.59 Å². The van der Waals surface area contributed by atoms with Gasteiger partial charge < -0.3 is 18.9 Å². The van der Waals surface area contributed by atoms with E-state index in [1.807, 2.05) is 73.7 Å². The van der Waals surface area contributed by atoms with Crippen molar-refractivity contribution in [2.24, 2.45) is 4.99 Å². The van der Waals surface area contributed by atoms with Crippen LogP contribution in [0.1, 0.15) is 49.4 Å². The van der Waals surface area contributed by atoms with Crippen molar-refractivity contribution in [1.29, 1.82) is 0 Å². The molecule has 0 radical (unpaired) electrons. The Hall–Kier alpha value is -4.15. The van der Waals surface area contributed by atoms with Gasteiger partial charge in [0.25, 0.3) is 5.56 Å². The summed E-state index contributed by atoms with van der Waals surface area (Å²) in [6.07, 6.45) is 3.11. The van der Waals surface area contributed by atoms with Gasteiger partial charge in [0.05, 0.1) is 36.6 Å². The van der Waals surface area contributed by atoms with E-state index in [4.69, 9.17) is 23.9 Å². The van der Waals surface area contributed by atoms with Crippen LogP contribution in [0, 0.1) is 0 Å². The van der Waals surface area contributed by atoms with Crippen LogP contribution >= 0.6 is 27.3 Å². The summed E-state index contributed by atoms with van der Waals surface area (Å²) in [7, 11) is 3.15. The van der Waals surface area contributed by atoms with Crippen molar-refractivity contribution in [2.75, 3.05) is 20.8 Å². The predicted octanol–water partition coefficient (Wildman–Crippen LogP) is 5.94. The molecule has 0 unspecified atom stereocenters. The van der Waals surface area contributed by atoms with Crippen molar-refractivity contribution in [2.45, 2.75) is 39.3 Å². The quantitative estimate of drug-likeness (QED) is 0.183. The highest BCUT2D eigenvalue weighted by Gasteiger charge is 2.36. The number of hydrogen-bond donors (Lipinski definition) is 0. The van der Waals surface area contributed by atoms with Gasteiger partial charge in [0.2, 0.25) is 0 Å². The van der Waals surface area contributed by atoms with Gasteiger partial charge in [-0.15, -0.1) is 0 Å². The zero-order valence-electron chi connectivity index (χ0n) is 25.0. The Balaban J connectivity index is 1.63. The average Bonchev–Trinajstić information content (AvgIpc) is 3.34. The molecule has 44 heavy (non-hydrogen) atoms. The highest BCUT2D eigenvalue weighted by molar-refractivity contribution is 9.10. The zero-order chi connectivity index (χ0) is 31.2. The van der Waals surface area contributed by atoms with Crippen LogP contribution in [0.15, 0.2) is 92.3 Å². The number of aromatic nitrogens is 1. The van der Waals surface area contributed by atoms with Crippen LogP contribution in [-0.2, 0) is 16.1 Å². The number of nitrogens with zero attached hydrogens (tertiary/aromatic N) is 2. The van der Waals surface area contributed by atoms with Crippen LogP contribution in [0.25, 0.3) is 6.08 Å². The number of esters is 1. The lowest BCUT2D eigenvalue weighted by atomic mass is 9.93. The van der Waals surface area contributed by atoms with E-state index in [1.54, 1.807) is 31.8 Å². The number of thiazole rings is 1. The van der Waals surface area contributed by atoms with E-state index in [0.29, 0.717) is 56.4 Å². The van der Waals surface area contributed by atoms with Gasteiger partial charge in [-0.25, -0.2) is 9.79 Å². The smallest absolute Gasteiger partial charge is 0.338 e. The first kappa shape index (κ1) is 31.3. The number of carbonyl (C=O) groups excluding carboxylic acids is 1. The molecule has 0 saturated carbocycles. The van der Waals surface area contributed by atoms with Crippen molar-refractivity contribution in [3.63, 3.8) is 0 Å². The van der Waals surface area contributed by atoms with Crippen molar-refractivity contribution < 1.29 is 23.7 Å². The number of halogens is 1. The molecule has 1 aliphatic heterocycles. The SMILES string of the molecule is CCCC1=C(C(=O)OCC)[C@@H](c2cc(Br)ccc2OC)n2c(s/c(=C/c3ccc(OCc4ccccc4)c(OC)c3)c2=O)=N1. The Labute approximate surface area is 268 Å². The second kappa shape index (κ2) is 14.1. The lowest BCUT2D eigenvalue weighted by Gasteiger charge is -2.27.